The molecule has 1 heterocycles. The lowest BCUT2D eigenvalue weighted by Gasteiger charge is -2.25. The van der Waals surface area contributed by atoms with Crippen LogP contribution in [0.3, 0.4) is 0 Å². The van der Waals surface area contributed by atoms with Crippen molar-refractivity contribution in [3.05, 3.63) is 0 Å². The molecular formula is C10H13F7O2. The lowest BCUT2D eigenvalue weighted by atomic mass is 10.0. The highest BCUT2D eigenvalue weighted by atomic mass is 19.4. The molecule has 1 saturated heterocycles. The summed E-state index contributed by atoms with van der Waals surface area (Å²) < 4.78 is 96.7. The van der Waals surface area contributed by atoms with E-state index in [1.807, 2.05) is 0 Å². The topological polar surface area (TPSA) is 18.5 Å². The maximum absolute atomic E-state index is 13.1. The summed E-state index contributed by atoms with van der Waals surface area (Å²) in [6, 6.07) is 0. The lowest BCUT2D eigenvalue weighted by Crippen LogP contribution is -2.42. The van der Waals surface area contributed by atoms with Crippen LogP contribution in [0.15, 0.2) is 0 Å². The molecule has 1 fully saturated rings. The molecule has 0 aromatic heterocycles. The molecule has 9 heteroatoms. The molecule has 0 aromatic rings. The zero-order valence-corrected chi connectivity index (χ0v) is 9.95. The second-order valence-electron chi connectivity index (χ2n) is 4.43. The second-order valence-corrected chi connectivity index (χ2v) is 4.43. The van der Waals surface area contributed by atoms with Crippen LogP contribution in [-0.4, -0.2) is 37.0 Å². The van der Waals surface area contributed by atoms with E-state index in [0.29, 0.717) is 0 Å². The molecule has 0 radical (unpaired) electrons. The van der Waals surface area contributed by atoms with E-state index in [0.717, 1.165) is 0 Å². The van der Waals surface area contributed by atoms with Crippen molar-refractivity contribution in [3.63, 3.8) is 0 Å². The molecule has 114 valence electrons. The third kappa shape index (κ3) is 4.79. The average Bonchev–Trinajstić information content (AvgIpc) is 2.58. The van der Waals surface area contributed by atoms with Gasteiger partial charge in [-0.05, 0) is 13.3 Å². The van der Waals surface area contributed by atoms with Crippen LogP contribution in [0.4, 0.5) is 30.7 Å². The van der Waals surface area contributed by atoms with Gasteiger partial charge < -0.3 is 9.47 Å². The summed E-state index contributed by atoms with van der Waals surface area (Å²) in [4.78, 5) is 0. The van der Waals surface area contributed by atoms with Gasteiger partial charge in [0.2, 0.25) is 0 Å². The van der Waals surface area contributed by atoms with Crippen molar-refractivity contribution in [2.45, 2.75) is 56.6 Å². The van der Waals surface area contributed by atoms with Crippen LogP contribution >= 0.6 is 0 Å². The molecule has 0 saturated carbocycles. The predicted octanol–water partition coefficient (Wildman–Crippen LogP) is 3.75. The minimum absolute atomic E-state index is 0.0207. The van der Waals surface area contributed by atoms with Crippen LogP contribution < -0.4 is 0 Å². The number of alkyl halides is 7. The predicted molar refractivity (Wildman–Crippen MR) is 50.1 cm³/mol. The molecule has 1 rings (SSSR count). The monoisotopic (exact) mass is 298 g/mol. The number of hydrogen-bond acceptors (Lipinski definition) is 2. The van der Waals surface area contributed by atoms with Gasteiger partial charge in [0.1, 0.15) is 0 Å². The Hall–Kier alpha value is -0.570. The molecule has 0 bridgehead atoms. The SMILES string of the molecule is CC1OCC(CCC(F)(F)CC(F)(F)C(F)(F)F)O1. The molecule has 2 unspecified atom stereocenters. The fourth-order valence-corrected chi connectivity index (χ4v) is 1.63. The third-order valence-electron chi connectivity index (χ3n) is 2.63. The summed E-state index contributed by atoms with van der Waals surface area (Å²) >= 11 is 0. The highest BCUT2D eigenvalue weighted by Gasteiger charge is 2.61. The Morgan fingerprint density at radius 3 is 2.05 bits per heavy atom. The molecule has 0 amide bonds. The third-order valence-corrected chi connectivity index (χ3v) is 2.63. The fraction of sp³-hybridized carbons (Fsp3) is 1.00. The Morgan fingerprint density at radius 2 is 1.63 bits per heavy atom. The number of hydrogen-bond donors (Lipinski definition) is 0. The van der Waals surface area contributed by atoms with Crippen molar-refractivity contribution in [1.29, 1.82) is 0 Å². The highest BCUT2D eigenvalue weighted by molar-refractivity contribution is 4.84. The molecule has 1 aliphatic heterocycles. The van der Waals surface area contributed by atoms with Crippen LogP contribution in [0, 0.1) is 0 Å². The fourth-order valence-electron chi connectivity index (χ4n) is 1.63. The van der Waals surface area contributed by atoms with Gasteiger partial charge in [0.05, 0.1) is 19.1 Å². The quantitative estimate of drug-likeness (QED) is 0.720. The number of ether oxygens (including phenoxy) is 2. The Bertz CT molecular complexity index is 303. The average molecular weight is 298 g/mol. The summed E-state index contributed by atoms with van der Waals surface area (Å²) in [6.07, 6.45) is -11.3. The van der Waals surface area contributed by atoms with Gasteiger partial charge in [-0.2, -0.15) is 22.0 Å². The van der Waals surface area contributed by atoms with Crippen LogP contribution in [0.1, 0.15) is 26.2 Å². The van der Waals surface area contributed by atoms with E-state index >= 15 is 0 Å². The first-order chi connectivity index (χ1) is 8.43. The Labute approximate surface area is 104 Å². The van der Waals surface area contributed by atoms with Gasteiger partial charge in [-0.15, -0.1) is 0 Å². The van der Waals surface area contributed by atoms with Crippen molar-refractivity contribution in [3.8, 4) is 0 Å². The largest absolute Gasteiger partial charge is 0.453 e. The maximum Gasteiger partial charge on any atom is 0.453 e. The van der Waals surface area contributed by atoms with Crippen molar-refractivity contribution in [2.75, 3.05) is 6.61 Å². The maximum atomic E-state index is 13.1. The zero-order chi connectivity index (χ0) is 14.9. The van der Waals surface area contributed by atoms with Gasteiger partial charge in [0.25, 0.3) is 5.92 Å². The summed E-state index contributed by atoms with van der Waals surface area (Å²) in [5, 5.41) is 0. The molecule has 2 atom stereocenters. The molecule has 0 spiro atoms. The van der Waals surface area contributed by atoms with Crippen LogP contribution in [-0.2, 0) is 9.47 Å². The van der Waals surface area contributed by atoms with E-state index in [1.54, 1.807) is 0 Å². The van der Waals surface area contributed by atoms with Crippen molar-refractivity contribution < 1.29 is 40.2 Å². The normalized spacial score (nSPS) is 25.9. The van der Waals surface area contributed by atoms with E-state index in [9.17, 15) is 30.7 Å². The van der Waals surface area contributed by atoms with Crippen molar-refractivity contribution in [2.24, 2.45) is 0 Å². The molecule has 1 aliphatic rings. The molecular weight excluding hydrogens is 285 g/mol. The Morgan fingerprint density at radius 1 is 1.05 bits per heavy atom. The van der Waals surface area contributed by atoms with E-state index in [4.69, 9.17) is 9.47 Å². The van der Waals surface area contributed by atoms with Crippen LogP contribution in [0.2, 0.25) is 0 Å². The van der Waals surface area contributed by atoms with Gasteiger partial charge >= 0.3 is 12.1 Å². The second kappa shape index (κ2) is 5.43. The first-order valence-corrected chi connectivity index (χ1v) is 5.52. The molecule has 0 aliphatic carbocycles. The van der Waals surface area contributed by atoms with Gasteiger partial charge in [0.15, 0.2) is 6.29 Å². The summed E-state index contributed by atoms with van der Waals surface area (Å²) in [5.41, 5.74) is 0. The summed E-state index contributed by atoms with van der Waals surface area (Å²) in [7, 11) is 0. The summed E-state index contributed by atoms with van der Waals surface area (Å²) in [5.74, 6) is -9.52. The lowest BCUT2D eigenvalue weighted by molar-refractivity contribution is -0.301. The summed E-state index contributed by atoms with van der Waals surface area (Å²) in [6.45, 7) is 1.54. The molecule has 0 aromatic carbocycles. The van der Waals surface area contributed by atoms with Gasteiger partial charge in [-0.25, -0.2) is 8.78 Å². The van der Waals surface area contributed by atoms with E-state index in [2.05, 4.69) is 0 Å². The van der Waals surface area contributed by atoms with E-state index in [-0.39, 0.29) is 13.0 Å². The molecule has 19 heavy (non-hydrogen) atoms. The number of halogens is 7. The minimum atomic E-state index is -5.97. The Kier molecular flexibility index (Phi) is 4.71. The Balaban J connectivity index is 2.47. The van der Waals surface area contributed by atoms with Gasteiger partial charge in [0, 0.05) is 6.42 Å². The first kappa shape index (κ1) is 16.5. The highest BCUT2D eigenvalue weighted by Crippen LogP contribution is 2.44. The standard InChI is InChI=1S/C10H13F7O2/c1-6-18-4-7(19-6)2-3-8(11,12)5-9(13,14)10(15,16)17/h6-7H,2-5H2,1H3. The van der Waals surface area contributed by atoms with Crippen LogP contribution in [0.5, 0.6) is 0 Å². The van der Waals surface area contributed by atoms with E-state index in [1.165, 1.54) is 6.92 Å². The zero-order valence-electron chi connectivity index (χ0n) is 9.95. The smallest absolute Gasteiger partial charge is 0.350 e. The van der Waals surface area contributed by atoms with Crippen molar-refractivity contribution >= 4 is 0 Å². The molecule has 0 N–H and O–H groups in total. The minimum Gasteiger partial charge on any atom is -0.350 e. The van der Waals surface area contributed by atoms with Crippen LogP contribution in [0.25, 0.3) is 0 Å². The van der Waals surface area contributed by atoms with Gasteiger partial charge in [-0.1, -0.05) is 0 Å². The molecule has 2 nitrogen and oxygen atoms in total. The van der Waals surface area contributed by atoms with Crippen molar-refractivity contribution in [1.82, 2.24) is 0 Å². The number of rotatable bonds is 5. The van der Waals surface area contributed by atoms with Gasteiger partial charge in [-0.3, -0.25) is 0 Å². The van der Waals surface area contributed by atoms with E-state index < -0.39 is 43.3 Å². The first-order valence-electron chi connectivity index (χ1n) is 5.52.